The van der Waals surface area contributed by atoms with Crippen LogP contribution >= 0.6 is 24.0 Å². The molecule has 0 unspecified atom stereocenters. The molecule has 154 valence electrons. The quantitative estimate of drug-likeness (QED) is 0.375. The second kappa shape index (κ2) is 9.55. The number of nitrogens with zero attached hydrogens (tertiary/aromatic N) is 1. The van der Waals surface area contributed by atoms with Gasteiger partial charge in [0.1, 0.15) is 10.1 Å². The summed E-state index contributed by atoms with van der Waals surface area (Å²) in [6.07, 6.45) is 1.75. The predicted octanol–water partition coefficient (Wildman–Crippen LogP) is 2.75. The summed E-state index contributed by atoms with van der Waals surface area (Å²) in [5.41, 5.74) is 6.90. The van der Waals surface area contributed by atoms with E-state index in [9.17, 15) is 19.5 Å². The largest absolute Gasteiger partial charge is 0.508 e. The van der Waals surface area contributed by atoms with Crippen LogP contribution in [0.5, 0.6) is 5.75 Å². The number of phenolic OH excluding ortho intramolecular Hbond substituents is 1. The van der Waals surface area contributed by atoms with Gasteiger partial charge in [0.25, 0.3) is 11.8 Å². The molecule has 2 aromatic rings. The normalized spacial score (nSPS) is 14.8. The lowest BCUT2D eigenvalue weighted by atomic mass is 10.1. The van der Waals surface area contributed by atoms with Crippen molar-refractivity contribution in [1.82, 2.24) is 15.8 Å². The number of aromatic hydroxyl groups is 1. The Hall–Kier alpha value is -3.17. The SMILES string of the molecule is Cc1ccc(C=C2SC(=S)N(CCC(=O)NNC(=O)c3ccc(O)cc3)C2=O)cc1. The predicted molar refractivity (Wildman–Crippen MR) is 119 cm³/mol. The Morgan fingerprint density at radius 1 is 1.10 bits per heavy atom. The topological polar surface area (TPSA) is 98.7 Å². The first-order valence-electron chi connectivity index (χ1n) is 9.04. The highest BCUT2D eigenvalue weighted by Gasteiger charge is 2.32. The van der Waals surface area contributed by atoms with Gasteiger partial charge in [-0.3, -0.25) is 30.1 Å². The number of aryl methyl sites for hydroxylation is 1. The lowest BCUT2D eigenvalue weighted by Gasteiger charge is -2.14. The van der Waals surface area contributed by atoms with Gasteiger partial charge in [0, 0.05) is 18.5 Å². The summed E-state index contributed by atoms with van der Waals surface area (Å²) < 4.78 is 0.388. The molecule has 2 aromatic carbocycles. The van der Waals surface area contributed by atoms with Crippen LogP contribution in [0.3, 0.4) is 0 Å². The molecule has 9 heteroatoms. The maximum Gasteiger partial charge on any atom is 0.269 e. The Morgan fingerprint density at radius 2 is 1.77 bits per heavy atom. The zero-order valence-electron chi connectivity index (χ0n) is 16.0. The number of hydrogen-bond acceptors (Lipinski definition) is 6. The van der Waals surface area contributed by atoms with Gasteiger partial charge in [-0.2, -0.15) is 0 Å². The minimum Gasteiger partial charge on any atom is -0.508 e. The third-order valence-corrected chi connectivity index (χ3v) is 5.63. The van der Waals surface area contributed by atoms with Crippen molar-refractivity contribution < 1.29 is 19.5 Å². The first-order valence-corrected chi connectivity index (χ1v) is 10.3. The summed E-state index contributed by atoms with van der Waals surface area (Å²) in [4.78, 5) is 38.5. The van der Waals surface area contributed by atoms with E-state index in [0.29, 0.717) is 9.23 Å². The van der Waals surface area contributed by atoms with Gasteiger partial charge in [0.2, 0.25) is 5.91 Å². The van der Waals surface area contributed by atoms with E-state index < -0.39 is 11.8 Å². The second-order valence-corrected chi connectivity index (χ2v) is 8.22. The summed E-state index contributed by atoms with van der Waals surface area (Å²) in [5.74, 6) is -1.18. The van der Waals surface area contributed by atoms with Crippen LogP contribution < -0.4 is 10.9 Å². The van der Waals surface area contributed by atoms with Crippen LogP contribution in [-0.2, 0) is 9.59 Å². The third kappa shape index (κ3) is 5.46. The molecule has 0 saturated carbocycles. The maximum absolute atomic E-state index is 12.6. The number of thioether (sulfide) groups is 1. The molecular formula is C21H19N3O4S2. The number of carbonyl (C=O) groups is 3. The number of hydrogen-bond donors (Lipinski definition) is 3. The molecule has 1 saturated heterocycles. The molecule has 30 heavy (non-hydrogen) atoms. The van der Waals surface area contributed by atoms with Crippen LogP contribution in [0.4, 0.5) is 0 Å². The number of nitrogens with one attached hydrogen (secondary N) is 2. The summed E-state index contributed by atoms with van der Waals surface area (Å²) in [5, 5.41) is 9.24. The van der Waals surface area contributed by atoms with Gasteiger partial charge < -0.3 is 5.11 Å². The van der Waals surface area contributed by atoms with E-state index in [1.807, 2.05) is 31.2 Å². The Labute approximate surface area is 183 Å². The van der Waals surface area contributed by atoms with Gasteiger partial charge in [0.15, 0.2) is 0 Å². The Balaban J connectivity index is 1.51. The van der Waals surface area contributed by atoms with Crippen molar-refractivity contribution in [2.24, 2.45) is 0 Å². The van der Waals surface area contributed by atoms with Crippen LogP contribution in [0.1, 0.15) is 27.9 Å². The van der Waals surface area contributed by atoms with Crippen LogP contribution in [-0.4, -0.2) is 38.6 Å². The van der Waals surface area contributed by atoms with Gasteiger partial charge in [-0.05, 0) is 42.8 Å². The van der Waals surface area contributed by atoms with Crippen molar-refractivity contribution in [1.29, 1.82) is 0 Å². The number of rotatable bonds is 5. The van der Waals surface area contributed by atoms with E-state index in [1.165, 1.54) is 40.9 Å². The van der Waals surface area contributed by atoms with E-state index in [-0.39, 0.29) is 30.2 Å². The zero-order chi connectivity index (χ0) is 21.7. The van der Waals surface area contributed by atoms with Crippen LogP contribution in [0.25, 0.3) is 6.08 Å². The highest BCUT2D eigenvalue weighted by atomic mass is 32.2. The van der Waals surface area contributed by atoms with Gasteiger partial charge >= 0.3 is 0 Å². The lowest BCUT2D eigenvalue weighted by Crippen LogP contribution is -2.43. The summed E-state index contributed by atoms with van der Waals surface area (Å²) in [7, 11) is 0. The van der Waals surface area contributed by atoms with E-state index in [2.05, 4.69) is 10.9 Å². The number of phenols is 1. The molecule has 0 bridgehead atoms. The van der Waals surface area contributed by atoms with Crippen molar-refractivity contribution in [3.63, 3.8) is 0 Å². The molecule has 1 fully saturated rings. The number of amides is 3. The summed E-state index contributed by atoms with van der Waals surface area (Å²) in [6.45, 7) is 2.10. The lowest BCUT2D eigenvalue weighted by molar-refractivity contribution is -0.124. The minimum absolute atomic E-state index is 0.0277. The number of carbonyl (C=O) groups excluding carboxylic acids is 3. The van der Waals surface area contributed by atoms with Crippen molar-refractivity contribution in [3.8, 4) is 5.75 Å². The molecule has 1 aliphatic heterocycles. The molecule has 1 aliphatic rings. The highest BCUT2D eigenvalue weighted by Crippen LogP contribution is 2.32. The molecule has 0 atom stereocenters. The van der Waals surface area contributed by atoms with E-state index in [0.717, 1.165) is 11.1 Å². The molecule has 3 amide bonds. The average molecular weight is 442 g/mol. The second-order valence-electron chi connectivity index (χ2n) is 6.54. The smallest absolute Gasteiger partial charge is 0.269 e. The molecule has 0 aromatic heterocycles. The number of hydrazine groups is 1. The zero-order valence-corrected chi connectivity index (χ0v) is 17.7. The summed E-state index contributed by atoms with van der Waals surface area (Å²) in [6, 6.07) is 13.4. The fraction of sp³-hybridized carbons (Fsp3) is 0.143. The first-order chi connectivity index (χ1) is 14.3. The minimum atomic E-state index is -0.519. The van der Waals surface area contributed by atoms with Gasteiger partial charge in [-0.1, -0.05) is 53.8 Å². The Morgan fingerprint density at radius 3 is 2.43 bits per heavy atom. The monoisotopic (exact) mass is 441 g/mol. The van der Waals surface area contributed by atoms with Gasteiger partial charge in [-0.15, -0.1) is 0 Å². The molecule has 7 nitrogen and oxygen atoms in total. The van der Waals surface area contributed by atoms with Gasteiger partial charge in [0.05, 0.1) is 4.91 Å². The number of thiocarbonyl (C=S) groups is 1. The van der Waals surface area contributed by atoms with Crippen molar-refractivity contribution in [3.05, 3.63) is 70.1 Å². The third-order valence-electron chi connectivity index (χ3n) is 4.26. The van der Waals surface area contributed by atoms with E-state index >= 15 is 0 Å². The van der Waals surface area contributed by atoms with E-state index in [4.69, 9.17) is 12.2 Å². The first kappa shape index (κ1) is 21.5. The molecule has 3 N–H and O–H groups in total. The standard InChI is InChI=1S/C21H19N3O4S2/c1-13-2-4-14(5-3-13)12-17-20(28)24(21(29)30-17)11-10-18(26)22-23-19(27)15-6-8-16(25)9-7-15/h2-9,12,25H,10-11H2,1H3,(H,22,26)(H,23,27). The van der Waals surface area contributed by atoms with Crippen molar-refractivity contribution >= 4 is 52.1 Å². The maximum atomic E-state index is 12.6. The highest BCUT2D eigenvalue weighted by molar-refractivity contribution is 8.26. The molecule has 0 spiro atoms. The average Bonchev–Trinajstić information content (AvgIpc) is 2.99. The van der Waals surface area contributed by atoms with Crippen molar-refractivity contribution in [2.45, 2.75) is 13.3 Å². The fourth-order valence-corrected chi connectivity index (χ4v) is 3.90. The fourth-order valence-electron chi connectivity index (χ4n) is 2.59. The Kier molecular flexibility index (Phi) is 6.86. The Bertz CT molecular complexity index is 1020. The molecule has 0 aliphatic carbocycles. The van der Waals surface area contributed by atoms with Gasteiger partial charge in [-0.25, -0.2) is 0 Å². The van der Waals surface area contributed by atoms with Crippen molar-refractivity contribution in [2.75, 3.05) is 6.54 Å². The molecule has 0 radical (unpaired) electrons. The molecular weight excluding hydrogens is 422 g/mol. The van der Waals surface area contributed by atoms with Crippen LogP contribution in [0.15, 0.2) is 53.4 Å². The number of benzene rings is 2. The van der Waals surface area contributed by atoms with Crippen LogP contribution in [0.2, 0.25) is 0 Å². The van der Waals surface area contributed by atoms with Crippen LogP contribution in [0, 0.1) is 6.92 Å². The van der Waals surface area contributed by atoms with E-state index in [1.54, 1.807) is 6.08 Å². The molecule has 3 rings (SSSR count). The molecule has 1 heterocycles. The summed E-state index contributed by atoms with van der Waals surface area (Å²) >= 11 is 6.47.